The number of benzene rings is 3. The van der Waals surface area contributed by atoms with Gasteiger partial charge in [0.2, 0.25) is 0 Å². The Morgan fingerprint density at radius 1 is 0.917 bits per heavy atom. The van der Waals surface area contributed by atoms with E-state index in [1.807, 2.05) is 55.5 Å². The lowest BCUT2D eigenvalue weighted by Gasteiger charge is -2.11. The zero-order chi connectivity index (χ0) is 16.5. The fraction of sp³-hybridized carbons (Fsp3) is 0.0952. The number of nitrogens with one attached hydrogen (secondary N) is 1. The average molecular weight is 313 g/mol. The van der Waals surface area contributed by atoms with Crippen molar-refractivity contribution >= 4 is 27.4 Å². The second-order valence-corrected chi connectivity index (χ2v) is 5.92. The molecule has 0 aliphatic heterocycles. The highest BCUT2D eigenvalue weighted by molar-refractivity contribution is 5.92. The predicted octanol–water partition coefficient (Wildman–Crippen LogP) is 5.19. The van der Waals surface area contributed by atoms with Crippen molar-refractivity contribution in [2.45, 2.75) is 13.5 Å². The molecular weight excluding hydrogens is 296 g/mol. The van der Waals surface area contributed by atoms with Crippen molar-refractivity contribution < 1.29 is 4.74 Å². The molecule has 4 aromatic rings. The summed E-state index contributed by atoms with van der Waals surface area (Å²) in [7, 11) is 0. The van der Waals surface area contributed by atoms with E-state index in [0.29, 0.717) is 12.3 Å². The van der Waals surface area contributed by atoms with Gasteiger partial charge in [-0.3, -0.25) is 4.98 Å². The van der Waals surface area contributed by atoms with Gasteiger partial charge in [-0.05, 0) is 48.7 Å². The number of hydrogen-bond acceptors (Lipinski definition) is 2. The van der Waals surface area contributed by atoms with Crippen LogP contribution in [0.2, 0.25) is 0 Å². The first-order valence-corrected chi connectivity index (χ1v) is 7.93. The van der Waals surface area contributed by atoms with Crippen molar-refractivity contribution in [2.24, 2.45) is 0 Å². The summed E-state index contributed by atoms with van der Waals surface area (Å²) in [4.78, 5) is 4.57. The van der Waals surface area contributed by atoms with Crippen molar-refractivity contribution in [1.82, 2.24) is 10.7 Å². The first kappa shape index (κ1) is 14.5. The maximum absolute atomic E-state index is 7.94. The SMILES string of the molecule is Cc1cc(COc2ccc3c([NH])cccc3c2)c2ccccc2n1. The molecule has 1 N–H and O–H groups in total. The molecule has 117 valence electrons. The monoisotopic (exact) mass is 313 g/mol. The summed E-state index contributed by atoms with van der Waals surface area (Å²) in [5.74, 6) is 0.812. The van der Waals surface area contributed by atoms with E-state index >= 15 is 0 Å². The van der Waals surface area contributed by atoms with Crippen LogP contribution in [0, 0.1) is 6.92 Å². The third-order valence-electron chi connectivity index (χ3n) is 4.18. The van der Waals surface area contributed by atoms with Crippen molar-refractivity contribution in [1.29, 1.82) is 0 Å². The summed E-state index contributed by atoms with van der Waals surface area (Å²) in [6.45, 7) is 2.50. The molecule has 0 atom stereocenters. The number of para-hydroxylation sites is 1. The normalized spacial score (nSPS) is 11.0. The van der Waals surface area contributed by atoms with Crippen molar-refractivity contribution in [3.63, 3.8) is 0 Å². The molecule has 0 amide bonds. The molecule has 24 heavy (non-hydrogen) atoms. The summed E-state index contributed by atoms with van der Waals surface area (Å²) >= 11 is 0. The number of fused-ring (bicyclic) bond motifs is 2. The van der Waals surface area contributed by atoms with Crippen molar-refractivity contribution in [3.8, 4) is 5.75 Å². The summed E-state index contributed by atoms with van der Waals surface area (Å²) < 4.78 is 6.01. The average Bonchev–Trinajstić information content (AvgIpc) is 2.59. The minimum absolute atomic E-state index is 0.496. The van der Waals surface area contributed by atoms with Crippen LogP contribution in [0.25, 0.3) is 21.7 Å². The predicted molar refractivity (Wildman–Crippen MR) is 97.5 cm³/mol. The largest absolute Gasteiger partial charge is 0.489 e. The van der Waals surface area contributed by atoms with Crippen molar-refractivity contribution in [3.05, 3.63) is 78.0 Å². The molecular formula is C21H17N2O. The molecule has 1 heterocycles. The van der Waals surface area contributed by atoms with Gasteiger partial charge in [-0.15, -0.1) is 0 Å². The highest BCUT2D eigenvalue weighted by atomic mass is 16.5. The van der Waals surface area contributed by atoms with Crippen LogP contribution >= 0.6 is 0 Å². The van der Waals surface area contributed by atoms with E-state index < -0.39 is 0 Å². The quantitative estimate of drug-likeness (QED) is 0.522. The van der Waals surface area contributed by atoms with Gasteiger partial charge in [-0.2, -0.15) is 0 Å². The van der Waals surface area contributed by atoms with Crippen LogP contribution in [0.15, 0.2) is 66.7 Å². The molecule has 0 fully saturated rings. The Bertz CT molecular complexity index is 1040. The highest BCUT2D eigenvalue weighted by Gasteiger charge is 2.06. The lowest BCUT2D eigenvalue weighted by molar-refractivity contribution is 0.308. The molecule has 0 spiro atoms. The van der Waals surface area contributed by atoms with Gasteiger partial charge in [0.25, 0.3) is 0 Å². The standard InChI is InChI=1S/C21H17N2O/c1-14-11-16(19-6-2-3-8-21(19)23-14)13-24-17-9-10-18-15(12-17)5-4-7-20(18)22/h2-12,22H,13H2,1H3. The molecule has 3 heteroatoms. The van der Waals surface area contributed by atoms with E-state index in [-0.39, 0.29) is 0 Å². The van der Waals surface area contributed by atoms with Crippen LogP contribution in [-0.4, -0.2) is 4.98 Å². The van der Waals surface area contributed by atoms with Gasteiger partial charge < -0.3 is 10.5 Å². The Kier molecular flexibility index (Phi) is 3.54. The van der Waals surface area contributed by atoms with Crippen LogP contribution < -0.4 is 10.5 Å². The molecule has 4 rings (SSSR count). The lowest BCUT2D eigenvalue weighted by atomic mass is 10.1. The van der Waals surface area contributed by atoms with E-state index in [2.05, 4.69) is 17.1 Å². The van der Waals surface area contributed by atoms with E-state index in [0.717, 1.165) is 38.7 Å². The molecule has 0 aliphatic rings. The summed E-state index contributed by atoms with van der Waals surface area (Å²) in [5, 5.41) is 3.09. The smallest absolute Gasteiger partial charge is 0.120 e. The van der Waals surface area contributed by atoms with Gasteiger partial charge in [0.1, 0.15) is 12.4 Å². The molecule has 0 saturated heterocycles. The van der Waals surface area contributed by atoms with Crippen LogP contribution in [-0.2, 0) is 6.61 Å². The molecule has 3 nitrogen and oxygen atoms in total. The Hall–Kier alpha value is -3.07. The zero-order valence-corrected chi connectivity index (χ0v) is 13.4. The maximum Gasteiger partial charge on any atom is 0.120 e. The van der Waals surface area contributed by atoms with Gasteiger partial charge in [0.05, 0.1) is 11.2 Å². The summed E-state index contributed by atoms with van der Waals surface area (Å²) in [6, 6.07) is 21.8. The first-order valence-electron chi connectivity index (χ1n) is 7.93. The molecule has 0 aliphatic carbocycles. The zero-order valence-electron chi connectivity index (χ0n) is 13.4. The van der Waals surface area contributed by atoms with E-state index in [1.54, 1.807) is 6.07 Å². The lowest BCUT2D eigenvalue weighted by Crippen LogP contribution is -1.98. The minimum atomic E-state index is 0.496. The molecule has 0 bridgehead atoms. The third-order valence-corrected chi connectivity index (χ3v) is 4.18. The first-order chi connectivity index (χ1) is 11.7. The number of ether oxygens (including phenoxy) is 1. The molecule has 1 aromatic heterocycles. The topological polar surface area (TPSA) is 45.9 Å². The van der Waals surface area contributed by atoms with E-state index in [1.165, 1.54) is 0 Å². The number of hydrogen-bond donors (Lipinski definition) is 0. The molecule has 0 saturated carbocycles. The number of rotatable bonds is 3. The van der Waals surface area contributed by atoms with Gasteiger partial charge in [-0.1, -0.05) is 30.3 Å². The van der Waals surface area contributed by atoms with Crippen LogP contribution in [0.5, 0.6) is 5.75 Å². The third kappa shape index (κ3) is 2.65. The summed E-state index contributed by atoms with van der Waals surface area (Å²) in [6.07, 6.45) is 0. The van der Waals surface area contributed by atoms with Gasteiger partial charge in [0.15, 0.2) is 0 Å². The Morgan fingerprint density at radius 3 is 2.71 bits per heavy atom. The fourth-order valence-corrected chi connectivity index (χ4v) is 3.03. The van der Waals surface area contributed by atoms with Crippen LogP contribution in [0.1, 0.15) is 11.3 Å². The fourth-order valence-electron chi connectivity index (χ4n) is 3.03. The second kappa shape index (κ2) is 5.85. The second-order valence-electron chi connectivity index (χ2n) is 5.92. The van der Waals surface area contributed by atoms with Gasteiger partial charge in [-0.25, -0.2) is 0 Å². The molecule has 0 unspecified atom stereocenters. The van der Waals surface area contributed by atoms with Crippen molar-refractivity contribution in [2.75, 3.05) is 0 Å². The highest BCUT2D eigenvalue weighted by Crippen LogP contribution is 2.27. The van der Waals surface area contributed by atoms with Crippen LogP contribution in [0.4, 0.5) is 5.69 Å². The van der Waals surface area contributed by atoms with Gasteiger partial charge >= 0.3 is 0 Å². The Morgan fingerprint density at radius 2 is 1.79 bits per heavy atom. The van der Waals surface area contributed by atoms with E-state index in [9.17, 15) is 0 Å². The van der Waals surface area contributed by atoms with E-state index in [4.69, 9.17) is 10.5 Å². The Labute approximate surface area is 140 Å². The number of aryl methyl sites for hydroxylation is 1. The molecule has 1 radical (unpaired) electrons. The van der Waals surface area contributed by atoms with Gasteiger partial charge in [0, 0.05) is 22.0 Å². The molecule has 3 aromatic carbocycles. The number of aromatic nitrogens is 1. The Balaban J connectivity index is 1.66. The number of nitrogens with zero attached hydrogens (tertiary/aromatic N) is 1. The minimum Gasteiger partial charge on any atom is -0.489 e. The van der Waals surface area contributed by atoms with Crippen LogP contribution in [0.3, 0.4) is 0 Å². The maximum atomic E-state index is 7.94. The summed E-state index contributed by atoms with van der Waals surface area (Å²) in [5.41, 5.74) is 11.6. The number of pyridine rings is 1.